The molecule has 10 heteroatoms. The van der Waals surface area contributed by atoms with Crippen LogP contribution in [0.1, 0.15) is 11.1 Å². The zero-order valence-corrected chi connectivity index (χ0v) is 16.3. The first-order valence-corrected chi connectivity index (χ1v) is 8.35. The SMILES string of the molecule is COCCOC(=O)Nc1ncc(Cc2cc(OC)c(OC)c(OC)c2)c(N)n1. The number of rotatable bonds is 9. The quantitative estimate of drug-likeness (QED) is 0.615. The Morgan fingerprint density at radius 3 is 2.29 bits per heavy atom. The molecule has 1 heterocycles. The Labute approximate surface area is 162 Å². The van der Waals surface area contributed by atoms with Gasteiger partial charge in [0.15, 0.2) is 11.5 Å². The van der Waals surface area contributed by atoms with Gasteiger partial charge >= 0.3 is 6.09 Å². The number of nitrogens with one attached hydrogen (secondary N) is 1. The molecule has 0 spiro atoms. The van der Waals surface area contributed by atoms with Gasteiger partial charge < -0.3 is 29.4 Å². The van der Waals surface area contributed by atoms with E-state index < -0.39 is 6.09 Å². The van der Waals surface area contributed by atoms with Crippen LogP contribution in [-0.2, 0) is 15.9 Å². The molecule has 0 unspecified atom stereocenters. The zero-order chi connectivity index (χ0) is 20.5. The molecule has 0 aliphatic carbocycles. The Morgan fingerprint density at radius 2 is 1.75 bits per heavy atom. The molecule has 10 nitrogen and oxygen atoms in total. The van der Waals surface area contributed by atoms with Gasteiger partial charge in [0, 0.05) is 25.3 Å². The van der Waals surface area contributed by atoms with Crippen LogP contribution in [0.3, 0.4) is 0 Å². The van der Waals surface area contributed by atoms with Gasteiger partial charge in [-0.2, -0.15) is 4.98 Å². The number of benzene rings is 1. The number of amides is 1. The van der Waals surface area contributed by atoms with Crippen LogP contribution in [0.5, 0.6) is 17.2 Å². The molecule has 0 bridgehead atoms. The molecule has 28 heavy (non-hydrogen) atoms. The summed E-state index contributed by atoms with van der Waals surface area (Å²) >= 11 is 0. The fraction of sp³-hybridized carbons (Fsp3) is 0.389. The molecule has 1 amide bonds. The van der Waals surface area contributed by atoms with Crippen molar-refractivity contribution in [3.05, 3.63) is 29.5 Å². The molecule has 0 atom stereocenters. The summed E-state index contributed by atoms with van der Waals surface area (Å²) in [4.78, 5) is 19.8. The van der Waals surface area contributed by atoms with Crippen LogP contribution < -0.4 is 25.3 Å². The van der Waals surface area contributed by atoms with Crippen molar-refractivity contribution in [1.29, 1.82) is 0 Å². The molecule has 0 aliphatic heterocycles. The Morgan fingerprint density at radius 1 is 1.07 bits per heavy atom. The number of ether oxygens (including phenoxy) is 5. The van der Waals surface area contributed by atoms with E-state index in [0.717, 1.165) is 5.56 Å². The van der Waals surface area contributed by atoms with E-state index >= 15 is 0 Å². The van der Waals surface area contributed by atoms with Crippen molar-refractivity contribution in [2.75, 3.05) is 52.7 Å². The number of carbonyl (C=O) groups excluding carboxylic acids is 1. The van der Waals surface area contributed by atoms with Crippen molar-refractivity contribution in [3.63, 3.8) is 0 Å². The molecule has 0 aliphatic rings. The van der Waals surface area contributed by atoms with Crippen molar-refractivity contribution in [1.82, 2.24) is 9.97 Å². The topological polar surface area (TPSA) is 127 Å². The Hall–Kier alpha value is -3.27. The van der Waals surface area contributed by atoms with Crippen molar-refractivity contribution >= 4 is 17.9 Å². The van der Waals surface area contributed by atoms with E-state index in [1.54, 1.807) is 14.2 Å². The second-order valence-electron chi connectivity index (χ2n) is 5.57. The van der Waals surface area contributed by atoms with E-state index in [0.29, 0.717) is 35.8 Å². The summed E-state index contributed by atoms with van der Waals surface area (Å²) < 4.78 is 25.7. The highest BCUT2D eigenvalue weighted by Gasteiger charge is 2.15. The lowest BCUT2D eigenvalue weighted by atomic mass is 10.1. The summed E-state index contributed by atoms with van der Waals surface area (Å²) in [6.45, 7) is 0.418. The lowest BCUT2D eigenvalue weighted by Crippen LogP contribution is -2.18. The van der Waals surface area contributed by atoms with Gasteiger partial charge in [-0.25, -0.2) is 9.78 Å². The number of nitrogen functional groups attached to an aromatic ring is 1. The predicted molar refractivity (Wildman–Crippen MR) is 102 cm³/mol. The highest BCUT2D eigenvalue weighted by molar-refractivity contribution is 5.82. The maximum absolute atomic E-state index is 11.6. The van der Waals surface area contributed by atoms with Crippen LogP contribution >= 0.6 is 0 Å². The van der Waals surface area contributed by atoms with Gasteiger partial charge in [0.05, 0.1) is 27.9 Å². The highest BCUT2D eigenvalue weighted by Crippen LogP contribution is 2.38. The first-order chi connectivity index (χ1) is 13.5. The average Bonchev–Trinajstić information content (AvgIpc) is 2.69. The van der Waals surface area contributed by atoms with Crippen LogP contribution in [0.15, 0.2) is 18.3 Å². The van der Waals surface area contributed by atoms with Crippen LogP contribution in [-0.4, -0.2) is 57.7 Å². The van der Waals surface area contributed by atoms with Crippen LogP contribution in [0, 0.1) is 0 Å². The minimum atomic E-state index is -0.686. The third-order valence-corrected chi connectivity index (χ3v) is 3.75. The number of anilines is 2. The molecule has 1 aromatic carbocycles. The summed E-state index contributed by atoms with van der Waals surface area (Å²) in [6, 6.07) is 3.64. The number of nitrogens with two attached hydrogens (primary N) is 1. The summed E-state index contributed by atoms with van der Waals surface area (Å²) in [5.41, 5.74) is 7.55. The van der Waals surface area contributed by atoms with Crippen molar-refractivity contribution in [2.24, 2.45) is 0 Å². The second-order valence-corrected chi connectivity index (χ2v) is 5.57. The van der Waals surface area contributed by atoms with E-state index in [-0.39, 0.29) is 18.4 Å². The van der Waals surface area contributed by atoms with E-state index in [1.165, 1.54) is 20.4 Å². The second kappa shape index (κ2) is 10.2. The first-order valence-electron chi connectivity index (χ1n) is 8.35. The minimum Gasteiger partial charge on any atom is -0.493 e. The van der Waals surface area contributed by atoms with Gasteiger partial charge in [-0.3, -0.25) is 5.32 Å². The van der Waals surface area contributed by atoms with Crippen LogP contribution in [0.2, 0.25) is 0 Å². The lowest BCUT2D eigenvalue weighted by Gasteiger charge is -2.14. The van der Waals surface area contributed by atoms with E-state index in [9.17, 15) is 4.79 Å². The van der Waals surface area contributed by atoms with Gasteiger partial charge in [-0.05, 0) is 17.7 Å². The van der Waals surface area contributed by atoms with Crippen LogP contribution in [0.4, 0.5) is 16.6 Å². The van der Waals surface area contributed by atoms with Gasteiger partial charge in [0.1, 0.15) is 12.4 Å². The van der Waals surface area contributed by atoms with E-state index in [4.69, 9.17) is 29.4 Å². The zero-order valence-electron chi connectivity index (χ0n) is 16.3. The molecule has 0 saturated heterocycles. The first kappa shape index (κ1) is 21.0. The van der Waals surface area contributed by atoms with Gasteiger partial charge in [0.2, 0.25) is 11.7 Å². The van der Waals surface area contributed by atoms with E-state index in [2.05, 4.69) is 15.3 Å². The van der Waals surface area contributed by atoms with Gasteiger partial charge in [0.25, 0.3) is 0 Å². The number of hydrogen-bond acceptors (Lipinski definition) is 9. The number of aromatic nitrogens is 2. The molecule has 1 aromatic heterocycles. The average molecular weight is 392 g/mol. The summed E-state index contributed by atoms with van der Waals surface area (Å²) in [7, 11) is 6.14. The van der Waals surface area contributed by atoms with E-state index in [1.807, 2.05) is 12.1 Å². The highest BCUT2D eigenvalue weighted by atomic mass is 16.6. The van der Waals surface area contributed by atoms with Crippen molar-refractivity contribution in [2.45, 2.75) is 6.42 Å². The fourth-order valence-electron chi connectivity index (χ4n) is 2.42. The fourth-order valence-corrected chi connectivity index (χ4v) is 2.42. The Bertz CT molecular complexity index is 790. The van der Waals surface area contributed by atoms with Crippen molar-refractivity contribution < 1.29 is 28.5 Å². The summed E-state index contributed by atoms with van der Waals surface area (Å²) in [5.74, 6) is 1.86. The predicted octanol–water partition coefficient (Wildman–Crippen LogP) is 1.87. The summed E-state index contributed by atoms with van der Waals surface area (Å²) in [6.07, 6.45) is 1.28. The Kier molecular flexibility index (Phi) is 7.64. The van der Waals surface area contributed by atoms with Crippen LogP contribution in [0.25, 0.3) is 0 Å². The molecule has 152 valence electrons. The maximum atomic E-state index is 11.6. The standard InChI is InChI=1S/C18H24N4O6/c1-24-5-6-28-18(23)22-17-20-10-12(16(19)21-17)7-11-8-13(25-2)15(27-4)14(9-11)26-3/h8-10H,5-7H2,1-4H3,(H3,19,20,21,22,23). The smallest absolute Gasteiger partial charge is 0.414 e. The molecular formula is C18H24N4O6. The molecule has 2 rings (SSSR count). The monoisotopic (exact) mass is 392 g/mol. The number of carbonyl (C=O) groups is 1. The third-order valence-electron chi connectivity index (χ3n) is 3.75. The number of nitrogens with zero attached hydrogens (tertiary/aromatic N) is 2. The lowest BCUT2D eigenvalue weighted by molar-refractivity contribution is 0.107. The molecule has 0 saturated carbocycles. The molecule has 2 aromatic rings. The molecule has 0 radical (unpaired) electrons. The molecule has 0 fully saturated rings. The number of methoxy groups -OCH3 is 4. The molecular weight excluding hydrogens is 368 g/mol. The maximum Gasteiger partial charge on any atom is 0.414 e. The van der Waals surface area contributed by atoms with Gasteiger partial charge in [-0.15, -0.1) is 0 Å². The normalized spacial score (nSPS) is 10.3. The Balaban J connectivity index is 2.14. The minimum absolute atomic E-state index is 0.0496. The summed E-state index contributed by atoms with van der Waals surface area (Å²) in [5, 5.41) is 2.41. The number of hydrogen-bond donors (Lipinski definition) is 2. The largest absolute Gasteiger partial charge is 0.493 e. The third kappa shape index (κ3) is 5.36. The molecule has 3 N–H and O–H groups in total. The van der Waals surface area contributed by atoms with Gasteiger partial charge in [-0.1, -0.05) is 0 Å². The van der Waals surface area contributed by atoms with Crippen molar-refractivity contribution in [3.8, 4) is 17.2 Å².